The number of nitrogens with one attached hydrogen (secondary N) is 1. The van der Waals surface area contributed by atoms with Gasteiger partial charge in [-0.25, -0.2) is 0 Å². The summed E-state index contributed by atoms with van der Waals surface area (Å²) in [6, 6.07) is 12.0. The quantitative estimate of drug-likeness (QED) is 0.689. The topological polar surface area (TPSA) is 69.3 Å². The molecule has 7 nitrogen and oxygen atoms in total. The van der Waals surface area contributed by atoms with Crippen molar-refractivity contribution < 1.29 is 23.7 Å². The second kappa shape index (κ2) is 9.51. The molecule has 0 spiro atoms. The van der Waals surface area contributed by atoms with Crippen LogP contribution in [0, 0.1) is 0 Å². The zero-order valence-electron chi connectivity index (χ0n) is 20.1. The first-order valence-corrected chi connectivity index (χ1v) is 11.4. The Morgan fingerprint density at radius 1 is 0.939 bits per heavy atom. The van der Waals surface area contributed by atoms with Gasteiger partial charge in [0, 0.05) is 29.1 Å². The molecule has 4 rings (SSSR count). The van der Waals surface area contributed by atoms with Crippen molar-refractivity contribution in [1.82, 2.24) is 10.2 Å². The minimum Gasteiger partial charge on any atom is -0.497 e. The van der Waals surface area contributed by atoms with E-state index in [1.54, 1.807) is 46.6 Å². The van der Waals surface area contributed by atoms with Crippen LogP contribution in [-0.2, 0) is 5.41 Å². The maximum Gasteiger partial charge on any atom is 0.251 e. The number of fused-ring (bicyclic) bond motifs is 1. The smallest absolute Gasteiger partial charge is 0.251 e. The van der Waals surface area contributed by atoms with Gasteiger partial charge in [-0.15, -0.1) is 0 Å². The standard InChI is InChI=1S/C26H34N2O5/c1-28-11-10-26(18-6-7-22(32-4)23(14-18)33-5)9-8-19(15-24(26)28)27-25(29)17-12-20(30-2)16-21(13-17)31-3/h6-7,12-14,16,19,24H,8-11,15H2,1-5H3,(H,27,29)/t19-,24+,26+/m1/s1. The van der Waals surface area contributed by atoms with Crippen molar-refractivity contribution in [1.29, 1.82) is 0 Å². The summed E-state index contributed by atoms with van der Waals surface area (Å²) in [7, 11) is 8.69. The Kier molecular flexibility index (Phi) is 6.70. The average Bonchev–Trinajstić information content (AvgIpc) is 3.20. The number of nitrogens with zero attached hydrogens (tertiary/aromatic N) is 1. The van der Waals surface area contributed by atoms with Crippen LogP contribution in [0.5, 0.6) is 23.0 Å². The van der Waals surface area contributed by atoms with Crippen molar-refractivity contribution in [2.45, 2.75) is 43.2 Å². The fraction of sp³-hybridized carbons (Fsp3) is 0.500. The van der Waals surface area contributed by atoms with Crippen LogP contribution < -0.4 is 24.3 Å². The number of hydrogen-bond acceptors (Lipinski definition) is 6. The largest absolute Gasteiger partial charge is 0.497 e. The Balaban J connectivity index is 1.54. The minimum atomic E-state index is -0.100. The van der Waals surface area contributed by atoms with Gasteiger partial charge in [0.05, 0.1) is 28.4 Å². The van der Waals surface area contributed by atoms with Crippen molar-refractivity contribution in [3.05, 3.63) is 47.5 Å². The average molecular weight is 455 g/mol. The molecule has 1 heterocycles. The van der Waals surface area contributed by atoms with E-state index in [1.807, 2.05) is 6.07 Å². The van der Waals surface area contributed by atoms with Crippen LogP contribution in [0.25, 0.3) is 0 Å². The van der Waals surface area contributed by atoms with Gasteiger partial charge < -0.3 is 29.2 Å². The van der Waals surface area contributed by atoms with Gasteiger partial charge in [0.2, 0.25) is 0 Å². The lowest BCUT2D eigenvalue weighted by Crippen LogP contribution is -2.51. The lowest BCUT2D eigenvalue weighted by Gasteiger charge is -2.45. The van der Waals surface area contributed by atoms with Crippen LogP contribution in [0.15, 0.2) is 36.4 Å². The molecular weight excluding hydrogens is 420 g/mol. The molecule has 1 saturated carbocycles. The Morgan fingerprint density at radius 3 is 2.27 bits per heavy atom. The van der Waals surface area contributed by atoms with Crippen molar-refractivity contribution in [2.24, 2.45) is 0 Å². The van der Waals surface area contributed by atoms with E-state index in [0.717, 1.165) is 43.7 Å². The van der Waals surface area contributed by atoms with Crippen molar-refractivity contribution in [3.63, 3.8) is 0 Å². The molecule has 1 N–H and O–H groups in total. The van der Waals surface area contributed by atoms with Crippen LogP contribution in [-0.4, -0.2) is 64.9 Å². The molecule has 0 radical (unpaired) electrons. The number of likely N-dealkylation sites (N-methyl/N-ethyl adjacent to an activating group) is 1. The summed E-state index contributed by atoms with van der Waals surface area (Å²) < 4.78 is 21.7. The highest BCUT2D eigenvalue weighted by Gasteiger charge is 2.50. The monoisotopic (exact) mass is 454 g/mol. The van der Waals surface area contributed by atoms with E-state index in [0.29, 0.717) is 23.1 Å². The number of carbonyl (C=O) groups is 1. The molecule has 3 atom stereocenters. The molecule has 7 heteroatoms. The molecule has 2 fully saturated rings. The summed E-state index contributed by atoms with van der Waals surface area (Å²) in [6.07, 6.45) is 3.92. The lowest BCUT2D eigenvalue weighted by molar-refractivity contribution is 0.0888. The zero-order valence-corrected chi connectivity index (χ0v) is 20.1. The fourth-order valence-electron chi connectivity index (χ4n) is 5.60. The lowest BCUT2D eigenvalue weighted by atomic mass is 9.65. The SMILES string of the molecule is COc1cc(OC)cc(C(=O)N[C@@H]2CC[C@@]3(c4ccc(OC)c(OC)c4)CCN(C)[C@H]3C2)c1. The molecule has 1 aliphatic heterocycles. The summed E-state index contributed by atoms with van der Waals surface area (Å²) in [4.78, 5) is 15.5. The second-order valence-electron chi connectivity index (χ2n) is 9.02. The van der Waals surface area contributed by atoms with E-state index in [2.05, 4.69) is 29.4 Å². The van der Waals surface area contributed by atoms with Crippen LogP contribution in [0.2, 0.25) is 0 Å². The molecular formula is C26H34N2O5. The first-order valence-electron chi connectivity index (χ1n) is 11.4. The second-order valence-corrected chi connectivity index (χ2v) is 9.02. The first kappa shape index (κ1) is 23.2. The number of benzene rings is 2. The van der Waals surface area contributed by atoms with E-state index in [9.17, 15) is 4.79 Å². The van der Waals surface area contributed by atoms with Crippen LogP contribution in [0.4, 0.5) is 0 Å². The third kappa shape index (κ3) is 4.34. The number of hydrogen-bond donors (Lipinski definition) is 1. The number of carbonyl (C=O) groups excluding carboxylic acids is 1. The zero-order chi connectivity index (χ0) is 23.6. The molecule has 33 heavy (non-hydrogen) atoms. The highest BCUT2D eigenvalue weighted by molar-refractivity contribution is 5.95. The molecule has 1 saturated heterocycles. The maximum atomic E-state index is 13.1. The van der Waals surface area contributed by atoms with Gasteiger partial charge in [-0.3, -0.25) is 4.79 Å². The number of amides is 1. The Hall–Kier alpha value is -2.93. The summed E-state index contributed by atoms with van der Waals surface area (Å²) in [5, 5.41) is 3.26. The molecule has 2 aromatic carbocycles. The fourth-order valence-corrected chi connectivity index (χ4v) is 5.60. The van der Waals surface area contributed by atoms with Crippen molar-refractivity contribution in [3.8, 4) is 23.0 Å². The van der Waals surface area contributed by atoms with E-state index < -0.39 is 0 Å². The number of likely N-dealkylation sites (tertiary alicyclic amines) is 1. The normalized spacial score (nSPS) is 24.6. The Labute approximate surface area is 196 Å². The molecule has 0 unspecified atom stereocenters. The summed E-state index contributed by atoms with van der Waals surface area (Å²) >= 11 is 0. The third-order valence-electron chi connectivity index (χ3n) is 7.43. The molecule has 2 aromatic rings. The van der Waals surface area contributed by atoms with Gasteiger partial charge in [0.25, 0.3) is 5.91 Å². The minimum absolute atomic E-state index is 0.0503. The summed E-state index contributed by atoms with van der Waals surface area (Å²) in [5.41, 5.74) is 1.88. The molecule has 0 aromatic heterocycles. The predicted octanol–water partition coefficient (Wildman–Crippen LogP) is 3.65. The number of rotatable bonds is 7. The van der Waals surface area contributed by atoms with E-state index in [4.69, 9.17) is 18.9 Å². The number of ether oxygens (including phenoxy) is 4. The van der Waals surface area contributed by atoms with Gasteiger partial charge in [-0.05, 0) is 69.1 Å². The van der Waals surface area contributed by atoms with Gasteiger partial charge in [0.1, 0.15) is 11.5 Å². The number of methoxy groups -OCH3 is 4. The van der Waals surface area contributed by atoms with E-state index >= 15 is 0 Å². The molecule has 2 aliphatic rings. The highest BCUT2D eigenvalue weighted by atomic mass is 16.5. The molecule has 178 valence electrons. The van der Waals surface area contributed by atoms with Gasteiger partial charge in [-0.1, -0.05) is 6.07 Å². The Bertz CT molecular complexity index is 988. The maximum absolute atomic E-state index is 13.1. The first-order chi connectivity index (χ1) is 15.9. The summed E-state index contributed by atoms with van der Waals surface area (Å²) in [5.74, 6) is 2.61. The van der Waals surface area contributed by atoms with Gasteiger partial charge >= 0.3 is 0 Å². The van der Waals surface area contributed by atoms with Gasteiger partial charge in [0.15, 0.2) is 11.5 Å². The van der Waals surface area contributed by atoms with E-state index in [-0.39, 0.29) is 17.4 Å². The predicted molar refractivity (Wildman–Crippen MR) is 127 cm³/mol. The Morgan fingerprint density at radius 2 is 1.64 bits per heavy atom. The summed E-state index contributed by atoms with van der Waals surface area (Å²) in [6.45, 7) is 1.03. The molecule has 1 amide bonds. The van der Waals surface area contributed by atoms with Crippen LogP contribution in [0.1, 0.15) is 41.6 Å². The van der Waals surface area contributed by atoms with Crippen LogP contribution >= 0.6 is 0 Å². The molecule has 1 aliphatic carbocycles. The third-order valence-corrected chi connectivity index (χ3v) is 7.43. The van der Waals surface area contributed by atoms with Crippen molar-refractivity contribution in [2.75, 3.05) is 42.0 Å². The molecule has 0 bridgehead atoms. The van der Waals surface area contributed by atoms with Gasteiger partial charge in [-0.2, -0.15) is 0 Å². The van der Waals surface area contributed by atoms with Crippen LogP contribution in [0.3, 0.4) is 0 Å². The van der Waals surface area contributed by atoms with Crippen molar-refractivity contribution >= 4 is 5.91 Å². The highest BCUT2D eigenvalue weighted by Crippen LogP contribution is 2.49. The van der Waals surface area contributed by atoms with E-state index in [1.165, 1.54) is 5.56 Å².